The zero-order chi connectivity index (χ0) is 41.2. The van der Waals surface area contributed by atoms with Crippen LogP contribution in [0.3, 0.4) is 0 Å². The second-order valence-corrected chi connectivity index (χ2v) is 15.4. The van der Waals surface area contributed by atoms with Gasteiger partial charge in [0.1, 0.15) is 5.75 Å². The monoisotopic (exact) mass is 786 g/mol. The quantitative estimate of drug-likeness (QED) is 0.106. The maximum Gasteiger partial charge on any atom is 0.305 e. The third-order valence-electron chi connectivity index (χ3n) is 11.0. The van der Waals surface area contributed by atoms with E-state index in [4.69, 9.17) is 19.4 Å². The van der Waals surface area contributed by atoms with E-state index in [1.807, 2.05) is 19.1 Å². The van der Waals surface area contributed by atoms with Gasteiger partial charge < -0.3 is 19.4 Å². The van der Waals surface area contributed by atoms with E-state index in [-0.39, 0.29) is 5.97 Å². The molecule has 7 aromatic rings. The maximum absolute atomic E-state index is 11.8. The van der Waals surface area contributed by atoms with Crippen LogP contribution in [0.1, 0.15) is 59.2 Å². The number of H-pyrrole nitrogens is 2. The number of nitrogens with zero attached hydrogens (tertiary/aromatic N) is 2. The number of carbonyl (C=O) groups excluding carboxylic acids is 1. The molecule has 4 aromatic carbocycles. The molecule has 0 aliphatic carbocycles. The molecule has 0 saturated heterocycles. The molecule has 60 heavy (non-hydrogen) atoms. The summed E-state index contributed by atoms with van der Waals surface area (Å²) in [4.78, 5) is 30.4. The second-order valence-electron chi connectivity index (χ2n) is 15.4. The van der Waals surface area contributed by atoms with Gasteiger partial charge in [0, 0.05) is 50.7 Å². The third-order valence-corrected chi connectivity index (χ3v) is 11.0. The number of hydrogen-bond acceptors (Lipinski definition) is 5. The lowest BCUT2D eigenvalue weighted by Gasteiger charge is -2.09. The largest absolute Gasteiger partial charge is 0.494 e. The molecule has 2 N–H and O–H groups in total. The molecule has 7 nitrogen and oxygen atoms in total. The van der Waals surface area contributed by atoms with Gasteiger partial charge in [0.25, 0.3) is 0 Å². The van der Waals surface area contributed by atoms with Gasteiger partial charge in [-0.05, 0) is 117 Å². The van der Waals surface area contributed by atoms with E-state index in [9.17, 15) is 4.79 Å². The van der Waals surface area contributed by atoms with Crippen molar-refractivity contribution in [1.82, 2.24) is 19.9 Å². The third kappa shape index (κ3) is 7.82. The summed E-state index contributed by atoms with van der Waals surface area (Å²) >= 11 is 0. The first-order valence-electron chi connectivity index (χ1n) is 20.6. The van der Waals surface area contributed by atoms with Crippen molar-refractivity contribution in [2.45, 2.75) is 40.5 Å². The number of aryl methyl sites for hydroxylation is 3. The average Bonchev–Trinajstić information content (AvgIpc) is 4.10. The van der Waals surface area contributed by atoms with Gasteiger partial charge in [0.2, 0.25) is 0 Å². The Hall–Kier alpha value is -7.25. The Morgan fingerprint density at radius 3 is 1.15 bits per heavy atom. The van der Waals surface area contributed by atoms with Crippen LogP contribution in [0.25, 0.3) is 90.9 Å². The van der Waals surface area contributed by atoms with Crippen LogP contribution in [0.2, 0.25) is 0 Å². The van der Waals surface area contributed by atoms with Crippen molar-refractivity contribution in [2.75, 3.05) is 13.2 Å². The fourth-order valence-electron chi connectivity index (χ4n) is 7.94. The Labute approximate surface area is 350 Å². The predicted molar refractivity (Wildman–Crippen MR) is 246 cm³/mol. The molecule has 0 radical (unpaired) electrons. The smallest absolute Gasteiger partial charge is 0.305 e. The van der Waals surface area contributed by atoms with Crippen molar-refractivity contribution in [3.8, 4) is 50.3 Å². The van der Waals surface area contributed by atoms with Gasteiger partial charge in [-0.25, -0.2) is 9.97 Å². The number of rotatable bonds is 10. The molecule has 0 unspecified atom stereocenters. The molecular weight excluding hydrogens is 741 g/mol. The summed E-state index contributed by atoms with van der Waals surface area (Å²) in [6.07, 6.45) is 9.40. The number of hydrogen-bond donors (Lipinski definition) is 2. The summed E-state index contributed by atoms with van der Waals surface area (Å²) in [6, 6.07) is 42.6. The summed E-state index contributed by atoms with van der Waals surface area (Å²) in [7, 11) is 0. The lowest BCUT2D eigenvalue weighted by atomic mass is 10.0. The van der Waals surface area contributed by atoms with Crippen LogP contribution in [-0.4, -0.2) is 39.1 Å². The van der Waals surface area contributed by atoms with Gasteiger partial charge in [-0.3, -0.25) is 4.79 Å². The number of nitrogens with one attached hydrogen (secondary N) is 2. The van der Waals surface area contributed by atoms with Crippen molar-refractivity contribution in [2.24, 2.45) is 0 Å². The van der Waals surface area contributed by atoms with Crippen molar-refractivity contribution in [3.05, 3.63) is 161 Å². The number of fused-ring (bicyclic) bond motifs is 8. The standard InChI is InChI=1S/C53H46N4O3/c1-5-59-49(58)7-6-32-60-40-22-20-39(21-23-40)53-47-30-28-45(56-47)51(37-16-10-34(3)11-17-37)43-26-24-41(54-43)50(36-14-8-33(2)9-15-36)42-25-27-44(55-42)52(46-29-31-48(53)57-46)38-18-12-35(4)13-19-38/h8-31,54,57H,5-7,32H2,1-4H3. The van der Waals surface area contributed by atoms with Crippen LogP contribution in [-0.2, 0) is 9.53 Å². The average molecular weight is 787 g/mol. The Morgan fingerprint density at radius 1 is 0.483 bits per heavy atom. The second kappa shape index (κ2) is 16.5. The lowest BCUT2D eigenvalue weighted by Crippen LogP contribution is -2.06. The lowest BCUT2D eigenvalue weighted by molar-refractivity contribution is -0.143. The number of benzene rings is 4. The highest BCUT2D eigenvalue weighted by Gasteiger charge is 2.19. The number of ether oxygens (including phenoxy) is 2. The molecule has 296 valence electrons. The number of carbonyl (C=O) groups is 1. The van der Waals surface area contributed by atoms with E-state index < -0.39 is 0 Å². The van der Waals surface area contributed by atoms with Crippen LogP contribution in [0.4, 0.5) is 0 Å². The van der Waals surface area contributed by atoms with Crippen molar-refractivity contribution in [3.63, 3.8) is 0 Å². The predicted octanol–water partition coefficient (Wildman–Crippen LogP) is 13.0. The maximum atomic E-state index is 11.8. The zero-order valence-corrected chi connectivity index (χ0v) is 34.3. The van der Waals surface area contributed by atoms with Gasteiger partial charge in [0.05, 0.1) is 36.0 Å². The molecule has 5 heterocycles. The van der Waals surface area contributed by atoms with Crippen molar-refractivity contribution < 1.29 is 14.3 Å². The minimum Gasteiger partial charge on any atom is -0.494 e. The van der Waals surface area contributed by atoms with E-state index >= 15 is 0 Å². The van der Waals surface area contributed by atoms with Crippen LogP contribution in [0, 0.1) is 20.8 Å². The van der Waals surface area contributed by atoms with Crippen molar-refractivity contribution >= 4 is 52.3 Å². The van der Waals surface area contributed by atoms with E-state index in [2.05, 4.69) is 164 Å². The first-order chi connectivity index (χ1) is 29.3. The Balaban J connectivity index is 1.31. The first kappa shape index (κ1) is 38.3. The summed E-state index contributed by atoms with van der Waals surface area (Å²) < 4.78 is 11.1. The Morgan fingerprint density at radius 2 is 0.817 bits per heavy atom. The minimum atomic E-state index is -0.207. The molecule has 0 amide bonds. The normalized spacial score (nSPS) is 11.9. The highest BCUT2D eigenvalue weighted by atomic mass is 16.5. The number of aromatic nitrogens is 4. The zero-order valence-electron chi connectivity index (χ0n) is 34.3. The summed E-state index contributed by atoms with van der Waals surface area (Å²) in [5.74, 6) is 0.522. The molecular formula is C53H46N4O3. The van der Waals surface area contributed by atoms with Gasteiger partial charge in [0.15, 0.2) is 0 Å². The van der Waals surface area contributed by atoms with Crippen LogP contribution < -0.4 is 4.74 Å². The number of aromatic amines is 2. The number of esters is 1. The van der Waals surface area contributed by atoms with Gasteiger partial charge in [-0.15, -0.1) is 0 Å². The summed E-state index contributed by atoms with van der Waals surface area (Å²) in [5, 5.41) is 0. The van der Waals surface area contributed by atoms with E-state index in [0.717, 1.165) is 95.1 Å². The molecule has 8 bridgehead atoms. The highest BCUT2D eigenvalue weighted by Crippen LogP contribution is 2.39. The van der Waals surface area contributed by atoms with E-state index in [1.54, 1.807) is 0 Å². The summed E-state index contributed by atoms with van der Waals surface area (Å²) in [5.41, 5.74) is 19.0. The van der Waals surface area contributed by atoms with E-state index in [1.165, 1.54) is 16.7 Å². The van der Waals surface area contributed by atoms with E-state index in [0.29, 0.717) is 26.1 Å². The topological polar surface area (TPSA) is 92.9 Å². The van der Waals surface area contributed by atoms with Crippen LogP contribution in [0.5, 0.6) is 5.75 Å². The minimum absolute atomic E-state index is 0.207. The molecule has 9 rings (SSSR count). The molecule has 7 heteroatoms. The summed E-state index contributed by atoms with van der Waals surface area (Å²) in [6.45, 7) is 8.94. The van der Waals surface area contributed by atoms with Gasteiger partial charge >= 0.3 is 5.97 Å². The van der Waals surface area contributed by atoms with Gasteiger partial charge in [-0.2, -0.15) is 0 Å². The Kier molecular flexibility index (Phi) is 10.6. The highest BCUT2D eigenvalue weighted by molar-refractivity contribution is 5.99. The van der Waals surface area contributed by atoms with Crippen molar-refractivity contribution in [1.29, 1.82) is 0 Å². The SMILES string of the molecule is CCOC(=O)CCCOc1ccc(-c2c3nc(c(-c4ccc(C)cc4)c4ccc([nH]4)c(-c4ccc(C)cc4)c4nc(c(-c5ccc(C)cc5)c5ccc2[nH]5)C=C4)C=C3)cc1. The first-order valence-corrected chi connectivity index (χ1v) is 20.6. The van der Waals surface area contributed by atoms with Gasteiger partial charge in [-0.1, -0.05) is 102 Å². The molecule has 0 spiro atoms. The molecule has 2 aliphatic rings. The molecule has 0 fully saturated rings. The molecule has 0 atom stereocenters. The fourth-order valence-corrected chi connectivity index (χ4v) is 7.94. The molecule has 3 aromatic heterocycles. The van der Waals surface area contributed by atoms with Crippen LogP contribution >= 0.6 is 0 Å². The fraction of sp³-hybridized carbons (Fsp3) is 0.151. The molecule has 2 aliphatic heterocycles. The Bertz CT molecular complexity index is 2910. The van der Waals surface area contributed by atoms with Crippen LogP contribution in [0.15, 0.2) is 121 Å². The molecule has 0 saturated carbocycles.